The van der Waals surface area contributed by atoms with Crippen molar-refractivity contribution in [3.05, 3.63) is 0 Å². The molecule has 0 radical (unpaired) electrons. The van der Waals surface area contributed by atoms with E-state index in [2.05, 4.69) is 0 Å². The third-order valence-electron chi connectivity index (χ3n) is 1.65. The van der Waals surface area contributed by atoms with Gasteiger partial charge in [0.1, 0.15) is 5.78 Å². The summed E-state index contributed by atoms with van der Waals surface area (Å²) in [6.07, 6.45) is 5.47. The van der Waals surface area contributed by atoms with Crippen LogP contribution in [0.3, 0.4) is 0 Å². The summed E-state index contributed by atoms with van der Waals surface area (Å²) in [7, 11) is 0. The molecule has 0 N–H and O–H groups in total. The van der Waals surface area contributed by atoms with E-state index < -0.39 is 0 Å². The molecule has 0 heterocycles. The number of halogens is 1. The number of Topliss-reactive ketones (excluding diaryl/α,β-unsaturated/α-hetero) is 1. The van der Waals surface area contributed by atoms with Crippen LogP contribution in [0.4, 0.5) is 0 Å². The molecule has 0 aliphatic heterocycles. The van der Waals surface area contributed by atoms with Gasteiger partial charge in [0, 0.05) is 12.8 Å². The van der Waals surface area contributed by atoms with Gasteiger partial charge in [-0.25, -0.2) is 0 Å². The van der Waals surface area contributed by atoms with Crippen LogP contribution in [-0.4, -0.2) is 9.57 Å². The van der Waals surface area contributed by atoms with Crippen LogP contribution in [0, 0.1) is 0 Å². The molecule has 0 unspecified atom stereocenters. The third kappa shape index (κ3) is 10.1. The number of rotatable bonds is 7. The molecule has 0 aromatic rings. The standard InChI is InChI=1S/C9H15IO2/c1-8(11)6-4-2-3-5-7-9(10)12/h2-7H2,1H3. The van der Waals surface area contributed by atoms with Gasteiger partial charge in [-0.15, -0.1) is 0 Å². The highest BCUT2D eigenvalue weighted by atomic mass is 127. The Labute approximate surface area is 87.2 Å². The van der Waals surface area contributed by atoms with Gasteiger partial charge in [-0.1, -0.05) is 12.8 Å². The lowest BCUT2D eigenvalue weighted by Gasteiger charge is -1.96. The van der Waals surface area contributed by atoms with Crippen LogP contribution >= 0.6 is 22.6 Å². The van der Waals surface area contributed by atoms with Gasteiger partial charge < -0.3 is 4.79 Å². The van der Waals surface area contributed by atoms with Crippen LogP contribution in [0.25, 0.3) is 0 Å². The molecule has 0 atom stereocenters. The quantitative estimate of drug-likeness (QED) is 0.409. The molecule has 0 bridgehead atoms. The number of hydrogen-bond donors (Lipinski definition) is 0. The van der Waals surface area contributed by atoms with Crippen molar-refractivity contribution in [3.8, 4) is 0 Å². The Hall–Kier alpha value is 0.0700. The van der Waals surface area contributed by atoms with Crippen molar-refractivity contribution in [1.82, 2.24) is 0 Å². The number of unbranched alkanes of at least 4 members (excludes halogenated alkanes) is 3. The maximum absolute atomic E-state index is 10.5. The van der Waals surface area contributed by atoms with Crippen molar-refractivity contribution < 1.29 is 9.59 Å². The molecule has 0 amide bonds. The molecule has 0 saturated carbocycles. The van der Waals surface area contributed by atoms with Crippen LogP contribution < -0.4 is 0 Å². The highest BCUT2D eigenvalue weighted by Gasteiger charge is 1.96. The SMILES string of the molecule is CC(=O)CCCCCCC(=O)I. The summed E-state index contributed by atoms with van der Waals surface area (Å²) in [5.41, 5.74) is 0. The van der Waals surface area contributed by atoms with Gasteiger partial charge in [0.15, 0.2) is 3.79 Å². The zero-order chi connectivity index (χ0) is 9.40. The number of hydrogen-bond acceptors (Lipinski definition) is 2. The first-order chi connectivity index (χ1) is 5.63. The lowest BCUT2D eigenvalue weighted by atomic mass is 10.1. The van der Waals surface area contributed by atoms with Crippen molar-refractivity contribution in [3.63, 3.8) is 0 Å². The molecule has 0 aromatic heterocycles. The van der Waals surface area contributed by atoms with Crippen LogP contribution in [-0.2, 0) is 9.59 Å². The molecular weight excluding hydrogens is 267 g/mol. The van der Waals surface area contributed by atoms with E-state index in [1.807, 2.05) is 22.6 Å². The normalized spacial score (nSPS) is 9.83. The molecule has 0 saturated heterocycles. The minimum absolute atomic E-state index is 0.235. The van der Waals surface area contributed by atoms with Crippen molar-refractivity contribution in [2.75, 3.05) is 0 Å². The number of carbonyl (C=O) groups is 2. The van der Waals surface area contributed by atoms with Crippen molar-refractivity contribution in [2.45, 2.75) is 45.4 Å². The Balaban J connectivity index is 3.01. The van der Waals surface area contributed by atoms with Gasteiger partial charge in [0.05, 0.1) is 0 Å². The average Bonchev–Trinajstić information content (AvgIpc) is 1.95. The molecule has 70 valence electrons. The zero-order valence-corrected chi connectivity index (χ0v) is 9.59. The minimum Gasteiger partial charge on any atom is -0.300 e. The highest BCUT2D eigenvalue weighted by molar-refractivity contribution is 14.1. The Morgan fingerprint density at radius 2 is 1.50 bits per heavy atom. The Morgan fingerprint density at radius 3 is 1.92 bits per heavy atom. The van der Waals surface area contributed by atoms with Gasteiger partial charge in [-0.2, -0.15) is 0 Å². The fourth-order valence-electron chi connectivity index (χ4n) is 0.991. The molecule has 2 nitrogen and oxygen atoms in total. The summed E-state index contributed by atoms with van der Waals surface area (Å²) in [5.74, 6) is 0.264. The summed E-state index contributed by atoms with van der Waals surface area (Å²) in [6.45, 7) is 1.62. The smallest absolute Gasteiger partial charge is 0.192 e. The molecule has 3 heteroatoms. The van der Waals surface area contributed by atoms with E-state index in [0.717, 1.165) is 25.7 Å². The van der Waals surface area contributed by atoms with E-state index in [0.29, 0.717) is 12.8 Å². The monoisotopic (exact) mass is 282 g/mol. The predicted octanol–water partition coefficient (Wildman–Crippen LogP) is 2.88. The molecule has 12 heavy (non-hydrogen) atoms. The second kappa shape index (κ2) is 7.71. The molecule has 0 aliphatic carbocycles. The van der Waals surface area contributed by atoms with Crippen LogP contribution in [0.1, 0.15) is 45.4 Å². The molecule has 0 rings (SSSR count). The van der Waals surface area contributed by atoms with E-state index in [4.69, 9.17) is 0 Å². The summed E-state index contributed by atoms with van der Waals surface area (Å²) in [6, 6.07) is 0. The summed E-state index contributed by atoms with van der Waals surface area (Å²) in [4.78, 5) is 21.0. The lowest BCUT2D eigenvalue weighted by Crippen LogP contribution is -1.90. The molecular formula is C9H15IO2. The second-order valence-corrected chi connectivity index (χ2v) is 4.17. The van der Waals surface area contributed by atoms with Crippen LogP contribution in [0.5, 0.6) is 0 Å². The van der Waals surface area contributed by atoms with Crippen molar-refractivity contribution in [2.24, 2.45) is 0 Å². The Morgan fingerprint density at radius 1 is 1.00 bits per heavy atom. The fraction of sp³-hybridized carbons (Fsp3) is 0.778. The zero-order valence-electron chi connectivity index (χ0n) is 7.44. The first kappa shape index (κ1) is 12.1. The summed E-state index contributed by atoms with van der Waals surface area (Å²) in [5, 5.41) is 0. The lowest BCUT2D eigenvalue weighted by molar-refractivity contribution is -0.117. The third-order valence-corrected chi connectivity index (χ3v) is 2.19. The number of ketones is 1. The largest absolute Gasteiger partial charge is 0.300 e. The molecule has 0 aliphatic rings. The predicted molar refractivity (Wildman–Crippen MR) is 57.4 cm³/mol. The van der Waals surface area contributed by atoms with Gasteiger partial charge >= 0.3 is 0 Å². The van der Waals surface area contributed by atoms with Crippen LogP contribution in [0.15, 0.2) is 0 Å². The van der Waals surface area contributed by atoms with E-state index in [1.54, 1.807) is 6.92 Å². The number of carbonyl (C=O) groups excluding carboxylic acids is 2. The fourth-order valence-corrected chi connectivity index (χ4v) is 1.37. The van der Waals surface area contributed by atoms with E-state index in [-0.39, 0.29) is 9.57 Å². The minimum atomic E-state index is 0.235. The maximum Gasteiger partial charge on any atom is 0.192 e. The Kier molecular flexibility index (Phi) is 7.75. The van der Waals surface area contributed by atoms with Gasteiger partial charge in [0.25, 0.3) is 0 Å². The van der Waals surface area contributed by atoms with E-state index in [9.17, 15) is 9.59 Å². The Bertz CT molecular complexity index is 137. The highest BCUT2D eigenvalue weighted by Crippen LogP contribution is 2.07. The summed E-state index contributed by atoms with van der Waals surface area (Å²) < 4.78 is 0.235. The van der Waals surface area contributed by atoms with E-state index in [1.165, 1.54) is 0 Å². The second-order valence-electron chi connectivity index (χ2n) is 2.97. The van der Waals surface area contributed by atoms with Crippen LogP contribution in [0.2, 0.25) is 0 Å². The van der Waals surface area contributed by atoms with Gasteiger partial charge in [-0.05, 0) is 42.4 Å². The molecule has 0 spiro atoms. The van der Waals surface area contributed by atoms with Gasteiger partial charge in [0.2, 0.25) is 0 Å². The molecule has 0 aromatic carbocycles. The summed E-state index contributed by atoms with van der Waals surface area (Å²) >= 11 is 1.82. The average molecular weight is 282 g/mol. The maximum atomic E-state index is 10.5. The topological polar surface area (TPSA) is 34.1 Å². The van der Waals surface area contributed by atoms with Crippen molar-refractivity contribution >= 4 is 32.2 Å². The van der Waals surface area contributed by atoms with Gasteiger partial charge in [-0.3, -0.25) is 4.79 Å². The van der Waals surface area contributed by atoms with Crippen molar-refractivity contribution in [1.29, 1.82) is 0 Å². The van der Waals surface area contributed by atoms with E-state index >= 15 is 0 Å². The first-order valence-electron chi connectivity index (χ1n) is 4.30. The first-order valence-corrected chi connectivity index (χ1v) is 5.38. The molecule has 0 fully saturated rings.